The molecule has 1 aromatic carbocycles. The van der Waals surface area contributed by atoms with E-state index in [2.05, 4.69) is 28.8 Å². The molecule has 0 spiro atoms. The molecule has 5 heteroatoms. The molecular formula is C15H21N3O2. The normalized spacial score (nSPS) is 10.4. The maximum atomic E-state index is 5.57. The molecule has 2 aromatic rings. The maximum absolute atomic E-state index is 5.57. The van der Waals surface area contributed by atoms with Gasteiger partial charge in [0.05, 0.1) is 38.1 Å². The van der Waals surface area contributed by atoms with Crippen LogP contribution >= 0.6 is 0 Å². The molecule has 0 aliphatic rings. The van der Waals surface area contributed by atoms with Crippen LogP contribution < -0.4 is 14.4 Å². The Balaban J connectivity index is 2.53. The average Bonchev–Trinajstić information content (AvgIpc) is 2.99. The van der Waals surface area contributed by atoms with Gasteiger partial charge in [-0.1, -0.05) is 6.92 Å². The molecule has 0 aliphatic carbocycles. The SMILES string of the molecule is CCCN(C)c1ccc(-c2cnc[nH]2)c(OC)c1OC. The largest absolute Gasteiger partial charge is 0.492 e. The van der Waals surface area contributed by atoms with Crippen molar-refractivity contribution in [3.63, 3.8) is 0 Å². The quantitative estimate of drug-likeness (QED) is 0.880. The van der Waals surface area contributed by atoms with E-state index in [4.69, 9.17) is 9.47 Å². The minimum Gasteiger partial charge on any atom is -0.492 e. The third-order valence-corrected chi connectivity index (χ3v) is 3.26. The highest BCUT2D eigenvalue weighted by molar-refractivity contribution is 5.78. The van der Waals surface area contributed by atoms with Crippen LogP contribution in [0.5, 0.6) is 11.5 Å². The van der Waals surface area contributed by atoms with Crippen LogP contribution in [0, 0.1) is 0 Å². The lowest BCUT2D eigenvalue weighted by Gasteiger charge is -2.23. The predicted octanol–water partition coefficient (Wildman–Crippen LogP) is 2.94. The fraction of sp³-hybridized carbons (Fsp3) is 0.400. The van der Waals surface area contributed by atoms with Crippen LogP contribution in [-0.2, 0) is 0 Å². The van der Waals surface area contributed by atoms with Gasteiger partial charge in [-0.2, -0.15) is 0 Å². The fourth-order valence-electron chi connectivity index (χ4n) is 2.32. The minimum absolute atomic E-state index is 0.720. The number of hydrogen-bond donors (Lipinski definition) is 1. The number of hydrogen-bond acceptors (Lipinski definition) is 4. The van der Waals surface area contributed by atoms with Gasteiger partial charge in [0.15, 0.2) is 11.5 Å². The van der Waals surface area contributed by atoms with Crippen LogP contribution in [0.1, 0.15) is 13.3 Å². The molecule has 0 bridgehead atoms. The van der Waals surface area contributed by atoms with E-state index < -0.39 is 0 Å². The van der Waals surface area contributed by atoms with Crippen molar-refractivity contribution in [1.82, 2.24) is 9.97 Å². The number of H-pyrrole nitrogens is 1. The second-order valence-electron chi connectivity index (χ2n) is 4.59. The van der Waals surface area contributed by atoms with Gasteiger partial charge < -0.3 is 19.4 Å². The summed E-state index contributed by atoms with van der Waals surface area (Å²) in [5.41, 5.74) is 2.87. The molecule has 0 amide bonds. The van der Waals surface area contributed by atoms with Gasteiger partial charge in [-0.05, 0) is 18.6 Å². The number of benzene rings is 1. The molecule has 1 heterocycles. The Bertz CT molecular complexity index is 552. The summed E-state index contributed by atoms with van der Waals surface area (Å²) in [7, 11) is 5.37. The molecular weight excluding hydrogens is 254 g/mol. The lowest BCUT2D eigenvalue weighted by Crippen LogP contribution is -2.18. The lowest BCUT2D eigenvalue weighted by molar-refractivity contribution is 0.356. The molecule has 2 rings (SSSR count). The zero-order valence-corrected chi connectivity index (χ0v) is 12.4. The molecule has 0 atom stereocenters. The Labute approximate surface area is 119 Å². The maximum Gasteiger partial charge on any atom is 0.184 e. The van der Waals surface area contributed by atoms with E-state index in [1.54, 1.807) is 26.7 Å². The van der Waals surface area contributed by atoms with Crippen molar-refractivity contribution >= 4 is 5.69 Å². The number of imidazole rings is 1. The van der Waals surface area contributed by atoms with Gasteiger partial charge >= 0.3 is 0 Å². The zero-order valence-electron chi connectivity index (χ0n) is 12.4. The average molecular weight is 275 g/mol. The molecule has 20 heavy (non-hydrogen) atoms. The van der Waals surface area contributed by atoms with Crippen LogP contribution in [-0.4, -0.2) is 37.8 Å². The number of methoxy groups -OCH3 is 2. The summed E-state index contributed by atoms with van der Waals surface area (Å²) in [6, 6.07) is 4.07. The number of rotatable bonds is 6. The first kappa shape index (κ1) is 14.2. The van der Waals surface area contributed by atoms with Crippen LogP contribution in [0.15, 0.2) is 24.7 Å². The van der Waals surface area contributed by atoms with Gasteiger partial charge in [0.1, 0.15) is 0 Å². The van der Waals surface area contributed by atoms with Crippen molar-refractivity contribution < 1.29 is 9.47 Å². The van der Waals surface area contributed by atoms with Crippen LogP contribution in [0.4, 0.5) is 5.69 Å². The molecule has 0 aliphatic heterocycles. The van der Waals surface area contributed by atoms with Gasteiger partial charge in [-0.3, -0.25) is 0 Å². The summed E-state index contributed by atoms with van der Waals surface area (Å²) in [5, 5.41) is 0. The highest BCUT2D eigenvalue weighted by Gasteiger charge is 2.18. The number of nitrogens with one attached hydrogen (secondary N) is 1. The van der Waals surface area contributed by atoms with E-state index in [-0.39, 0.29) is 0 Å². The Hall–Kier alpha value is -2.17. The Kier molecular flexibility index (Phi) is 4.50. The molecule has 1 N–H and O–H groups in total. The smallest absolute Gasteiger partial charge is 0.184 e. The zero-order chi connectivity index (χ0) is 14.5. The summed E-state index contributed by atoms with van der Waals surface area (Å²) in [4.78, 5) is 9.31. The number of aromatic nitrogens is 2. The molecule has 0 radical (unpaired) electrons. The van der Waals surface area contributed by atoms with Gasteiger partial charge in [0, 0.05) is 19.2 Å². The number of aromatic amines is 1. The van der Waals surface area contributed by atoms with Crippen LogP contribution in [0.3, 0.4) is 0 Å². The number of anilines is 1. The standard InChI is InChI=1S/C15H21N3O2/c1-5-8-18(2)13-7-6-11(12-9-16-10-17-12)14(19-3)15(13)20-4/h6-7,9-10H,5,8H2,1-4H3,(H,16,17). The van der Waals surface area contributed by atoms with E-state index in [1.165, 1.54) is 0 Å². The van der Waals surface area contributed by atoms with E-state index >= 15 is 0 Å². The molecule has 0 saturated carbocycles. The van der Waals surface area contributed by atoms with Gasteiger partial charge in [-0.15, -0.1) is 0 Å². The lowest BCUT2D eigenvalue weighted by atomic mass is 10.1. The van der Waals surface area contributed by atoms with Crippen molar-refractivity contribution in [3.05, 3.63) is 24.7 Å². The van der Waals surface area contributed by atoms with Crippen molar-refractivity contribution in [2.24, 2.45) is 0 Å². The fourth-order valence-corrected chi connectivity index (χ4v) is 2.32. The Morgan fingerprint density at radius 1 is 1.20 bits per heavy atom. The first-order valence-electron chi connectivity index (χ1n) is 6.67. The van der Waals surface area contributed by atoms with Crippen LogP contribution in [0.25, 0.3) is 11.3 Å². The van der Waals surface area contributed by atoms with Crippen molar-refractivity contribution in [2.45, 2.75) is 13.3 Å². The van der Waals surface area contributed by atoms with Crippen molar-refractivity contribution in [2.75, 3.05) is 32.7 Å². The van der Waals surface area contributed by atoms with Crippen molar-refractivity contribution in [3.8, 4) is 22.8 Å². The molecule has 1 aromatic heterocycles. The summed E-state index contributed by atoms with van der Waals surface area (Å²) >= 11 is 0. The Morgan fingerprint density at radius 2 is 1.95 bits per heavy atom. The molecule has 108 valence electrons. The van der Waals surface area contributed by atoms with Crippen LogP contribution in [0.2, 0.25) is 0 Å². The summed E-state index contributed by atoms with van der Waals surface area (Å²) in [6.45, 7) is 3.11. The van der Waals surface area contributed by atoms with E-state index in [0.717, 1.165) is 41.4 Å². The predicted molar refractivity (Wildman–Crippen MR) is 80.7 cm³/mol. The minimum atomic E-state index is 0.720. The first-order chi connectivity index (χ1) is 9.72. The highest BCUT2D eigenvalue weighted by atomic mass is 16.5. The van der Waals surface area contributed by atoms with Gasteiger partial charge in [0.2, 0.25) is 0 Å². The third-order valence-electron chi connectivity index (χ3n) is 3.26. The second-order valence-corrected chi connectivity index (χ2v) is 4.59. The highest BCUT2D eigenvalue weighted by Crippen LogP contribution is 2.43. The monoisotopic (exact) mass is 275 g/mol. The molecule has 0 unspecified atom stereocenters. The summed E-state index contributed by atoms with van der Waals surface area (Å²) in [5.74, 6) is 1.47. The third kappa shape index (κ3) is 2.57. The van der Waals surface area contributed by atoms with E-state index in [1.807, 2.05) is 12.1 Å². The van der Waals surface area contributed by atoms with Gasteiger partial charge in [0.25, 0.3) is 0 Å². The summed E-state index contributed by atoms with van der Waals surface area (Å²) < 4.78 is 11.1. The topological polar surface area (TPSA) is 50.4 Å². The van der Waals surface area contributed by atoms with Crippen molar-refractivity contribution in [1.29, 1.82) is 0 Å². The second kappa shape index (κ2) is 6.32. The number of ether oxygens (including phenoxy) is 2. The van der Waals surface area contributed by atoms with Gasteiger partial charge in [-0.25, -0.2) is 4.98 Å². The number of nitrogens with zero attached hydrogens (tertiary/aromatic N) is 2. The summed E-state index contributed by atoms with van der Waals surface area (Å²) in [6.07, 6.45) is 4.50. The molecule has 5 nitrogen and oxygen atoms in total. The van der Waals surface area contributed by atoms with E-state index in [9.17, 15) is 0 Å². The first-order valence-corrected chi connectivity index (χ1v) is 6.67. The molecule has 0 fully saturated rings. The Morgan fingerprint density at radius 3 is 2.50 bits per heavy atom. The van der Waals surface area contributed by atoms with E-state index in [0.29, 0.717) is 0 Å². The molecule has 0 saturated heterocycles.